The van der Waals surface area contributed by atoms with E-state index in [1.807, 2.05) is 40.4 Å². The molecule has 0 aliphatic heterocycles. The molecule has 0 radical (unpaired) electrons. The van der Waals surface area contributed by atoms with Crippen LogP contribution >= 0.6 is 12.2 Å². The molecular weight excluding hydrogens is 272 g/mol. The molecule has 2 heterocycles. The van der Waals surface area contributed by atoms with Crippen molar-refractivity contribution in [3.05, 3.63) is 28.6 Å². The van der Waals surface area contributed by atoms with Crippen molar-refractivity contribution in [2.45, 2.75) is 32.0 Å². The lowest BCUT2D eigenvalue weighted by Crippen LogP contribution is -2.22. The lowest BCUT2D eigenvalue weighted by atomic mass is 10.3. The summed E-state index contributed by atoms with van der Waals surface area (Å²) in [5, 5.41) is 8.86. The molecule has 0 unspecified atom stereocenters. The van der Waals surface area contributed by atoms with Gasteiger partial charge in [0.05, 0.1) is 12.9 Å². The molecule has 0 saturated heterocycles. The fraction of sp³-hybridized carbons (Fsp3) is 0.615. The van der Waals surface area contributed by atoms with Crippen LogP contribution in [-0.2, 0) is 27.3 Å². The molecule has 0 spiro atoms. The highest BCUT2D eigenvalue weighted by atomic mass is 32.1. The van der Waals surface area contributed by atoms with E-state index in [1.54, 1.807) is 0 Å². The highest BCUT2D eigenvalue weighted by Crippen LogP contribution is 2.38. The van der Waals surface area contributed by atoms with E-state index in [2.05, 4.69) is 22.1 Å². The first kappa shape index (κ1) is 13.5. The first-order chi connectivity index (χ1) is 9.54. The van der Waals surface area contributed by atoms with E-state index in [9.17, 15) is 0 Å². The molecule has 6 nitrogen and oxygen atoms in total. The van der Waals surface area contributed by atoms with E-state index in [4.69, 9.17) is 12.2 Å². The Labute approximate surface area is 123 Å². The summed E-state index contributed by atoms with van der Waals surface area (Å²) < 4.78 is 6.58. The molecule has 2 aromatic rings. The Morgan fingerprint density at radius 3 is 2.75 bits per heavy atom. The zero-order valence-electron chi connectivity index (χ0n) is 12.2. The smallest absolute Gasteiger partial charge is 0.198 e. The topological polar surface area (TPSA) is 43.8 Å². The molecule has 2 aromatic heterocycles. The maximum Gasteiger partial charge on any atom is 0.198 e. The van der Waals surface area contributed by atoms with Gasteiger partial charge in [-0.05, 0) is 32.1 Å². The van der Waals surface area contributed by atoms with Gasteiger partial charge in [0.2, 0.25) is 0 Å². The molecule has 1 saturated carbocycles. The highest BCUT2D eigenvalue weighted by molar-refractivity contribution is 7.71. The third-order valence-corrected chi connectivity index (χ3v) is 4.09. The molecule has 20 heavy (non-hydrogen) atoms. The van der Waals surface area contributed by atoms with Gasteiger partial charge in [0.15, 0.2) is 4.77 Å². The third-order valence-electron chi connectivity index (χ3n) is 3.60. The lowest BCUT2D eigenvalue weighted by Gasteiger charge is -2.15. The summed E-state index contributed by atoms with van der Waals surface area (Å²) in [6, 6.07) is 0. The van der Waals surface area contributed by atoms with Gasteiger partial charge in [-0.15, -0.1) is 0 Å². The van der Waals surface area contributed by atoms with Crippen LogP contribution in [-0.4, -0.2) is 36.1 Å². The lowest BCUT2D eigenvalue weighted by molar-refractivity contribution is 0.243. The van der Waals surface area contributed by atoms with Crippen LogP contribution in [0.15, 0.2) is 12.4 Å². The SMILES string of the molecule is CN(Cc1cnn(C)c1)Cn1nc(C2CC2)n(C)c1=S. The first-order valence-electron chi connectivity index (χ1n) is 6.84. The largest absolute Gasteiger partial charge is 0.307 e. The van der Waals surface area contributed by atoms with Crippen molar-refractivity contribution >= 4 is 12.2 Å². The Morgan fingerprint density at radius 1 is 1.40 bits per heavy atom. The van der Waals surface area contributed by atoms with Gasteiger partial charge in [-0.3, -0.25) is 9.58 Å². The Hall–Kier alpha value is -1.47. The van der Waals surface area contributed by atoms with Crippen molar-refractivity contribution in [2.24, 2.45) is 14.1 Å². The minimum absolute atomic E-state index is 0.617. The normalized spacial score (nSPS) is 15.2. The van der Waals surface area contributed by atoms with Gasteiger partial charge >= 0.3 is 0 Å². The van der Waals surface area contributed by atoms with Gasteiger partial charge in [-0.1, -0.05) is 0 Å². The number of aromatic nitrogens is 5. The maximum absolute atomic E-state index is 5.47. The number of aryl methyl sites for hydroxylation is 1. The van der Waals surface area contributed by atoms with Crippen molar-refractivity contribution in [3.63, 3.8) is 0 Å². The van der Waals surface area contributed by atoms with Gasteiger partial charge in [-0.25, -0.2) is 4.68 Å². The van der Waals surface area contributed by atoms with E-state index in [1.165, 1.54) is 18.4 Å². The molecule has 1 fully saturated rings. The van der Waals surface area contributed by atoms with Crippen molar-refractivity contribution in [3.8, 4) is 0 Å². The Morgan fingerprint density at radius 2 is 2.15 bits per heavy atom. The molecule has 1 aliphatic rings. The number of rotatable bonds is 5. The summed E-state index contributed by atoms with van der Waals surface area (Å²) in [5.74, 6) is 1.75. The minimum Gasteiger partial charge on any atom is -0.307 e. The zero-order valence-corrected chi connectivity index (χ0v) is 13.0. The average molecular weight is 292 g/mol. The quantitative estimate of drug-likeness (QED) is 0.786. The predicted octanol–water partition coefficient (Wildman–Crippen LogP) is 1.65. The molecule has 0 amide bonds. The number of hydrogen-bond donors (Lipinski definition) is 0. The Kier molecular flexibility index (Phi) is 3.47. The molecular formula is C13H20N6S. The highest BCUT2D eigenvalue weighted by Gasteiger charge is 2.29. The first-order valence-corrected chi connectivity index (χ1v) is 7.25. The van der Waals surface area contributed by atoms with Gasteiger partial charge in [-0.2, -0.15) is 10.2 Å². The van der Waals surface area contributed by atoms with Crippen LogP contribution in [0.2, 0.25) is 0 Å². The van der Waals surface area contributed by atoms with Gasteiger partial charge in [0.25, 0.3) is 0 Å². The number of nitrogens with zero attached hydrogens (tertiary/aromatic N) is 6. The van der Waals surface area contributed by atoms with Crippen LogP contribution in [0.5, 0.6) is 0 Å². The monoisotopic (exact) mass is 292 g/mol. The van der Waals surface area contributed by atoms with Gasteiger partial charge < -0.3 is 4.57 Å². The third kappa shape index (κ3) is 2.69. The summed E-state index contributed by atoms with van der Waals surface area (Å²) in [7, 11) is 6.01. The van der Waals surface area contributed by atoms with Crippen LogP contribution < -0.4 is 0 Å². The Balaban J connectivity index is 1.71. The predicted molar refractivity (Wildman–Crippen MR) is 78.7 cm³/mol. The second kappa shape index (κ2) is 5.14. The second-order valence-electron chi connectivity index (χ2n) is 5.65. The fourth-order valence-corrected chi connectivity index (χ4v) is 2.63. The van der Waals surface area contributed by atoms with E-state index in [0.29, 0.717) is 12.6 Å². The van der Waals surface area contributed by atoms with Gasteiger partial charge in [0, 0.05) is 38.3 Å². The van der Waals surface area contributed by atoms with Crippen molar-refractivity contribution in [1.82, 2.24) is 29.0 Å². The summed E-state index contributed by atoms with van der Waals surface area (Å²) in [5.41, 5.74) is 1.19. The fourth-order valence-electron chi connectivity index (χ4n) is 2.44. The summed E-state index contributed by atoms with van der Waals surface area (Å²) in [6.07, 6.45) is 6.41. The summed E-state index contributed by atoms with van der Waals surface area (Å²) in [4.78, 5) is 2.19. The Bertz CT molecular complexity index is 663. The van der Waals surface area contributed by atoms with Crippen molar-refractivity contribution in [2.75, 3.05) is 7.05 Å². The standard InChI is InChI=1S/C13H20N6S/c1-16(7-10-6-14-17(2)8-10)9-19-13(20)18(3)12(15-19)11-4-5-11/h6,8,11H,4-5,7,9H2,1-3H3. The van der Waals surface area contributed by atoms with Gasteiger partial charge in [0.1, 0.15) is 5.82 Å². The molecule has 0 N–H and O–H groups in total. The van der Waals surface area contributed by atoms with E-state index in [0.717, 1.165) is 17.1 Å². The summed E-state index contributed by atoms with van der Waals surface area (Å²) >= 11 is 5.47. The molecule has 7 heteroatoms. The van der Waals surface area contributed by atoms with Crippen LogP contribution in [0.3, 0.4) is 0 Å². The summed E-state index contributed by atoms with van der Waals surface area (Å²) in [6.45, 7) is 1.54. The molecule has 1 aliphatic carbocycles. The molecule has 0 atom stereocenters. The molecule has 0 bridgehead atoms. The van der Waals surface area contributed by atoms with Crippen LogP contribution in [0.4, 0.5) is 0 Å². The molecule has 3 rings (SSSR count). The van der Waals surface area contributed by atoms with E-state index < -0.39 is 0 Å². The van der Waals surface area contributed by atoms with Crippen molar-refractivity contribution < 1.29 is 0 Å². The molecule has 108 valence electrons. The van der Waals surface area contributed by atoms with E-state index in [-0.39, 0.29) is 0 Å². The minimum atomic E-state index is 0.617. The van der Waals surface area contributed by atoms with Crippen LogP contribution in [0, 0.1) is 4.77 Å². The molecule has 0 aromatic carbocycles. The number of hydrogen-bond acceptors (Lipinski definition) is 4. The average Bonchev–Trinajstić information content (AvgIpc) is 3.11. The van der Waals surface area contributed by atoms with Crippen molar-refractivity contribution in [1.29, 1.82) is 0 Å². The zero-order chi connectivity index (χ0) is 14.3. The van der Waals surface area contributed by atoms with Crippen LogP contribution in [0.1, 0.15) is 30.1 Å². The van der Waals surface area contributed by atoms with E-state index >= 15 is 0 Å². The second-order valence-corrected chi connectivity index (χ2v) is 6.02. The maximum atomic E-state index is 5.47. The van der Waals surface area contributed by atoms with Crippen LogP contribution in [0.25, 0.3) is 0 Å².